The van der Waals surface area contributed by atoms with Crippen LogP contribution in [0.25, 0.3) is 0 Å². The van der Waals surface area contributed by atoms with Crippen molar-refractivity contribution in [3.05, 3.63) is 29.6 Å². The standard InChI is InChI=1S/C14H19FN2/c1-9(2)17-13-4-3-10(15)7-11(13)12-8-16-6-5-14(12)17/h3-4,7,9,12,14,16H,5-6,8H2,1-2H3/t12-,14-/m0/s1. The second kappa shape index (κ2) is 3.98. The van der Waals surface area contributed by atoms with Crippen LogP contribution in [0.1, 0.15) is 31.7 Å². The highest BCUT2D eigenvalue weighted by molar-refractivity contribution is 5.63. The van der Waals surface area contributed by atoms with Crippen LogP contribution in [0.15, 0.2) is 18.2 Å². The van der Waals surface area contributed by atoms with Crippen molar-refractivity contribution in [2.45, 2.75) is 38.3 Å². The van der Waals surface area contributed by atoms with Gasteiger partial charge in [-0.2, -0.15) is 0 Å². The Morgan fingerprint density at radius 3 is 3.00 bits per heavy atom. The van der Waals surface area contributed by atoms with Crippen LogP contribution < -0.4 is 10.2 Å². The van der Waals surface area contributed by atoms with Crippen molar-refractivity contribution < 1.29 is 4.39 Å². The van der Waals surface area contributed by atoms with Gasteiger partial charge in [0.1, 0.15) is 5.82 Å². The van der Waals surface area contributed by atoms with Crippen LogP contribution in [-0.2, 0) is 0 Å². The van der Waals surface area contributed by atoms with E-state index in [2.05, 4.69) is 24.1 Å². The van der Waals surface area contributed by atoms with Crippen LogP contribution in [0.5, 0.6) is 0 Å². The molecule has 0 bridgehead atoms. The summed E-state index contributed by atoms with van der Waals surface area (Å²) in [5, 5.41) is 3.43. The maximum atomic E-state index is 13.4. The molecule has 2 heterocycles. The topological polar surface area (TPSA) is 15.3 Å². The third-order valence-corrected chi connectivity index (χ3v) is 4.03. The minimum Gasteiger partial charge on any atom is -0.365 e. The van der Waals surface area contributed by atoms with Crippen LogP contribution in [0, 0.1) is 5.82 Å². The maximum Gasteiger partial charge on any atom is 0.123 e. The molecule has 0 unspecified atom stereocenters. The van der Waals surface area contributed by atoms with Crippen LogP contribution in [0.3, 0.4) is 0 Å². The van der Waals surface area contributed by atoms with Crippen LogP contribution in [0.2, 0.25) is 0 Å². The molecule has 1 saturated heterocycles. The molecule has 1 N–H and O–H groups in total. The molecule has 2 nitrogen and oxygen atoms in total. The molecule has 3 heteroatoms. The second-order valence-corrected chi connectivity index (χ2v) is 5.37. The predicted octanol–water partition coefficient (Wildman–Crippen LogP) is 2.50. The van der Waals surface area contributed by atoms with Crippen molar-refractivity contribution in [3.63, 3.8) is 0 Å². The smallest absolute Gasteiger partial charge is 0.123 e. The lowest BCUT2D eigenvalue weighted by Gasteiger charge is -2.36. The van der Waals surface area contributed by atoms with E-state index >= 15 is 0 Å². The van der Waals surface area contributed by atoms with E-state index in [1.807, 2.05) is 6.07 Å². The number of benzene rings is 1. The largest absolute Gasteiger partial charge is 0.365 e. The fraction of sp³-hybridized carbons (Fsp3) is 0.571. The zero-order valence-corrected chi connectivity index (χ0v) is 10.4. The summed E-state index contributed by atoms with van der Waals surface area (Å²) < 4.78 is 13.4. The number of halogens is 1. The first kappa shape index (κ1) is 11.0. The number of piperidine rings is 1. The molecule has 0 aromatic heterocycles. The highest BCUT2D eigenvalue weighted by Gasteiger charge is 2.40. The maximum absolute atomic E-state index is 13.4. The van der Waals surface area contributed by atoms with Gasteiger partial charge in [0.05, 0.1) is 0 Å². The van der Waals surface area contributed by atoms with Gasteiger partial charge in [0.25, 0.3) is 0 Å². The molecule has 3 rings (SSSR count). The molecule has 0 saturated carbocycles. The van der Waals surface area contributed by atoms with Crippen molar-refractivity contribution in [2.75, 3.05) is 18.0 Å². The van der Waals surface area contributed by atoms with Gasteiger partial charge in [-0.15, -0.1) is 0 Å². The van der Waals surface area contributed by atoms with Gasteiger partial charge in [-0.1, -0.05) is 0 Å². The van der Waals surface area contributed by atoms with E-state index in [0.29, 0.717) is 18.0 Å². The van der Waals surface area contributed by atoms with E-state index in [0.717, 1.165) is 19.5 Å². The fourth-order valence-corrected chi connectivity index (χ4v) is 3.39. The summed E-state index contributed by atoms with van der Waals surface area (Å²) in [6.45, 7) is 6.49. The molecule has 0 aliphatic carbocycles. The first-order valence-corrected chi connectivity index (χ1v) is 6.47. The number of fused-ring (bicyclic) bond motifs is 3. The van der Waals surface area contributed by atoms with Gasteiger partial charge in [-0.05, 0) is 50.6 Å². The van der Waals surface area contributed by atoms with E-state index < -0.39 is 0 Å². The highest BCUT2D eigenvalue weighted by atomic mass is 19.1. The zero-order valence-electron chi connectivity index (χ0n) is 10.4. The van der Waals surface area contributed by atoms with E-state index in [-0.39, 0.29) is 5.82 Å². The lowest BCUT2D eigenvalue weighted by Crippen LogP contribution is -2.46. The molecular formula is C14H19FN2. The summed E-state index contributed by atoms with van der Waals surface area (Å²) >= 11 is 0. The number of rotatable bonds is 1. The number of nitrogens with one attached hydrogen (secondary N) is 1. The first-order chi connectivity index (χ1) is 8.18. The van der Waals surface area contributed by atoms with Gasteiger partial charge in [0, 0.05) is 30.2 Å². The normalized spacial score (nSPS) is 27.2. The molecule has 0 amide bonds. The molecule has 2 atom stereocenters. The highest BCUT2D eigenvalue weighted by Crippen LogP contribution is 2.44. The van der Waals surface area contributed by atoms with Crippen molar-refractivity contribution in [2.24, 2.45) is 0 Å². The zero-order chi connectivity index (χ0) is 12.0. The third-order valence-electron chi connectivity index (χ3n) is 4.03. The van der Waals surface area contributed by atoms with Crippen molar-refractivity contribution in [3.8, 4) is 0 Å². The van der Waals surface area contributed by atoms with E-state index in [4.69, 9.17) is 0 Å². The summed E-state index contributed by atoms with van der Waals surface area (Å²) in [4.78, 5) is 2.47. The number of anilines is 1. The molecule has 0 spiro atoms. The fourth-order valence-electron chi connectivity index (χ4n) is 3.39. The van der Waals surface area contributed by atoms with Crippen LogP contribution in [0.4, 0.5) is 10.1 Å². The average Bonchev–Trinajstić information content (AvgIpc) is 2.63. The average molecular weight is 234 g/mol. The molecule has 0 radical (unpaired) electrons. The third kappa shape index (κ3) is 1.64. The Balaban J connectivity index is 2.08. The molecule has 92 valence electrons. The minimum absolute atomic E-state index is 0.112. The summed E-state index contributed by atoms with van der Waals surface area (Å²) in [5.74, 6) is 0.343. The second-order valence-electron chi connectivity index (χ2n) is 5.37. The molecule has 1 fully saturated rings. The van der Waals surface area contributed by atoms with E-state index in [1.54, 1.807) is 12.1 Å². The quantitative estimate of drug-likeness (QED) is 0.803. The molecule has 2 aliphatic rings. The summed E-state index contributed by atoms with van der Waals surface area (Å²) in [6.07, 6.45) is 1.15. The van der Waals surface area contributed by atoms with Gasteiger partial charge in [-0.3, -0.25) is 0 Å². The Morgan fingerprint density at radius 2 is 2.24 bits per heavy atom. The Morgan fingerprint density at radius 1 is 1.41 bits per heavy atom. The number of nitrogens with zero attached hydrogens (tertiary/aromatic N) is 1. The van der Waals surface area contributed by atoms with Crippen molar-refractivity contribution in [1.82, 2.24) is 5.32 Å². The molecule has 2 aliphatic heterocycles. The summed E-state index contributed by atoms with van der Waals surface area (Å²) in [6, 6.07) is 6.28. The lowest BCUT2D eigenvalue weighted by atomic mass is 9.90. The van der Waals surface area contributed by atoms with Gasteiger partial charge in [-0.25, -0.2) is 4.39 Å². The number of hydrogen-bond donors (Lipinski definition) is 1. The molecule has 17 heavy (non-hydrogen) atoms. The lowest BCUT2D eigenvalue weighted by molar-refractivity contribution is 0.390. The minimum atomic E-state index is -0.112. The molecular weight excluding hydrogens is 215 g/mol. The molecule has 1 aromatic carbocycles. The Bertz CT molecular complexity index is 430. The van der Waals surface area contributed by atoms with Gasteiger partial charge in [0.2, 0.25) is 0 Å². The molecule has 1 aromatic rings. The summed E-state index contributed by atoms with van der Waals surface area (Å²) in [7, 11) is 0. The Labute approximate surface area is 102 Å². The first-order valence-electron chi connectivity index (χ1n) is 6.47. The van der Waals surface area contributed by atoms with Gasteiger partial charge in [0.15, 0.2) is 0 Å². The number of hydrogen-bond acceptors (Lipinski definition) is 2. The Kier molecular flexibility index (Phi) is 2.58. The Hall–Kier alpha value is -1.09. The monoisotopic (exact) mass is 234 g/mol. The van der Waals surface area contributed by atoms with Gasteiger partial charge >= 0.3 is 0 Å². The van der Waals surface area contributed by atoms with Crippen LogP contribution >= 0.6 is 0 Å². The SMILES string of the molecule is CC(C)N1c2ccc(F)cc2[C@@H]2CNCC[C@@H]21. The van der Waals surface area contributed by atoms with E-state index in [9.17, 15) is 4.39 Å². The van der Waals surface area contributed by atoms with Crippen molar-refractivity contribution in [1.29, 1.82) is 0 Å². The predicted molar refractivity (Wildman–Crippen MR) is 68.0 cm³/mol. The van der Waals surface area contributed by atoms with Crippen LogP contribution in [-0.4, -0.2) is 25.2 Å². The van der Waals surface area contributed by atoms with Gasteiger partial charge < -0.3 is 10.2 Å². The van der Waals surface area contributed by atoms with Crippen molar-refractivity contribution >= 4 is 5.69 Å². The van der Waals surface area contributed by atoms with E-state index in [1.165, 1.54) is 11.3 Å². The summed E-state index contributed by atoms with van der Waals surface area (Å²) in [5.41, 5.74) is 2.43.